The Morgan fingerprint density at radius 2 is 1.80 bits per heavy atom. The monoisotopic (exact) mass is 201 g/mol. The highest BCUT2D eigenvalue weighted by Gasteiger charge is 1.99. The van der Waals surface area contributed by atoms with Crippen molar-refractivity contribution < 1.29 is 4.39 Å². The fourth-order valence-electron chi connectivity index (χ4n) is 1.31. The second kappa shape index (κ2) is 4.09. The van der Waals surface area contributed by atoms with E-state index in [2.05, 4.69) is 10.3 Å². The van der Waals surface area contributed by atoms with Crippen molar-refractivity contribution in [3.05, 3.63) is 48.4 Å². The topological polar surface area (TPSA) is 27.0 Å². The van der Waals surface area contributed by atoms with Crippen LogP contribution in [0.5, 0.6) is 0 Å². The number of pyridine rings is 1. The van der Waals surface area contributed by atoms with Gasteiger partial charge < -0.3 is 0 Å². The van der Waals surface area contributed by atoms with Gasteiger partial charge in [-0.2, -0.15) is 0 Å². The molecular weight excluding hydrogens is 191 g/mol. The molecule has 0 amide bonds. The largest absolute Gasteiger partial charge is 0.287 e. The molecule has 1 heterocycles. The van der Waals surface area contributed by atoms with E-state index in [1.54, 1.807) is 25.4 Å². The lowest BCUT2D eigenvalue weighted by Gasteiger charge is -2.01. The van der Waals surface area contributed by atoms with Gasteiger partial charge in [-0.3, -0.25) is 10.3 Å². The highest BCUT2D eigenvalue weighted by Crippen LogP contribution is 2.18. The van der Waals surface area contributed by atoms with Crippen LogP contribution in [0.15, 0.2) is 42.6 Å². The Morgan fingerprint density at radius 1 is 1.07 bits per heavy atom. The first-order chi connectivity index (χ1) is 7.29. The normalized spacial score (nSPS) is 10.0. The van der Waals surface area contributed by atoms with Gasteiger partial charge in [0.2, 0.25) is 0 Å². The van der Waals surface area contributed by atoms with Gasteiger partial charge in [0.25, 0.3) is 0 Å². The van der Waals surface area contributed by atoms with Crippen LogP contribution in [0.3, 0.4) is 0 Å². The van der Waals surface area contributed by atoms with Crippen LogP contribution in [0.4, 0.5) is 10.1 Å². The Kier molecular flexibility index (Phi) is 2.63. The SMILES string of the molecule is C[N]c1ccc(-c2ccc(F)cc2)nc1. The van der Waals surface area contributed by atoms with E-state index >= 15 is 0 Å². The summed E-state index contributed by atoms with van der Waals surface area (Å²) in [6.07, 6.45) is 1.69. The number of hydrogen-bond donors (Lipinski definition) is 0. The zero-order valence-corrected chi connectivity index (χ0v) is 8.31. The fourth-order valence-corrected chi connectivity index (χ4v) is 1.31. The van der Waals surface area contributed by atoms with Crippen molar-refractivity contribution in [1.82, 2.24) is 10.3 Å². The average Bonchev–Trinajstić information content (AvgIpc) is 2.30. The summed E-state index contributed by atoms with van der Waals surface area (Å²) in [4.78, 5) is 4.23. The molecule has 0 aliphatic carbocycles. The van der Waals surface area contributed by atoms with E-state index < -0.39 is 0 Å². The molecule has 0 saturated heterocycles. The van der Waals surface area contributed by atoms with Gasteiger partial charge in [0.1, 0.15) is 5.82 Å². The molecule has 0 unspecified atom stereocenters. The summed E-state index contributed by atoms with van der Waals surface area (Å²) in [5.41, 5.74) is 2.56. The van der Waals surface area contributed by atoms with E-state index in [1.807, 2.05) is 12.1 Å². The number of halogens is 1. The van der Waals surface area contributed by atoms with Crippen molar-refractivity contribution in [3.8, 4) is 11.3 Å². The van der Waals surface area contributed by atoms with Crippen LogP contribution in [0.2, 0.25) is 0 Å². The Hall–Kier alpha value is -1.90. The van der Waals surface area contributed by atoms with Crippen LogP contribution < -0.4 is 5.32 Å². The van der Waals surface area contributed by atoms with Gasteiger partial charge in [0, 0.05) is 12.6 Å². The molecule has 0 spiro atoms. The molecule has 0 N–H and O–H groups in total. The number of aromatic nitrogens is 1. The Morgan fingerprint density at radius 3 is 2.33 bits per heavy atom. The van der Waals surface area contributed by atoms with Crippen molar-refractivity contribution in [1.29, 1.82) is 0 Å². The molecule has 2 aromatic rings. The minimum Gasteiger partial charge on any atom is -0.287 e. The lowest BCUT2D eigenvalue weighted by atomic mass is 10.1. The molecule has 0 aliphatic heterocycles. The van der Waals surface area contributed by atoms with Crippen LogP contribution in [-0.2, 0) is 0 Å². The van der Waals surface area contributed by atoms with Gasteiger partial charge >= 0.3 is 0 Å². The molecule has 0 saturated carbocycles. The highest BCUT2D eigenvalue weighted by atomic mass is 19.1. The number of rotatable bonds is 2. The molecule has 0 atom stereocenters. The minimum atomic E-state index is -0.237. The lowest BCUT2D eigenvalue weighted by molar-refractivity contribution is 0.628. The van der Waals surface area contributed by atoms with E-state index in [-0.39, 0.29) is 5.82 Å². The lowest BCUT2D eigenvalue weighted by Crippen LogP contribution is -1.89. The molecule has 0 bridgehead atoms. The van der Waals surface area contributed by atoms with Crippen molar-refractivity contribution in [2.75, 3.05) is 7.05 Å². The van der Waals surface area contributed by atoms with Crippen molar-refractivity contribution in [3.63, 3.8) is 0 Å². The van der Waals surface area contributed by atoms with E-state index in [0.717, 1.165) is 16.9 Å². The van der Waals surface area contributed by atoms with Gasteiger partial charge in [0.15, 0.2) is 0 Å². The molecule has 15 heavy (non-hydrogen) atoms. The third-order valence-electron chi connectivity index (χ3n) is 2.15. The second-order valence-corrected chi connectivity index (χ2v) is 3.13. The minimum absolute atomic E-state index is 0.237. The predicted octanol–water partition coefficient (Wildman–Crippen LogP) is 2.75. The van der Waals surface area contributed by atoms with Gasteiger partial charge in [-0.1, -0.05) is 0 Å². The molecule has 0 aliphatic rings. The summed E-state index contributed by atoms with van der Waals surface area (Å²) in [7, 11) is 1.72. The zero-order chi connectivity index (χ0) is 10.7. The van der Waals surface area contributed by atoms with Crippen LogP contribution >= 0.6 is 0 Å². The molecule has 3 heteroatoms. The number of nitrogens with zero attached hydrogens (tertiary/aromatic N) is 2. The number of hydrogen-bond acceptors (Lipinski definition) is 1. The van der Waals surface area contributed by atoms with E-state index in [1.165, 1.54) is 12.1 Å². The van der Waals surface area contributed by atoms with Crippen LogP contribution in [0, 0.1) is 5.82 Å². The quantitative estimate of drug-likeness (QED) is 0.733. The van der Waals surface area contributed by atoms with Crippen LogP contribution in [0.1, 0.15) is 0 Å². The van der Waals surface area contributed by atoms with Crippen molar-refractivity contribution >= 4 is 5.69 Å². The van der Waals surface area contributed by atoms with Gasteiger partial charge in [-0.05, 0) is 36.4 Å². The van der Waals surface area contributed by atoms with Crippen molar-refractivity contribution in [2.45, 2.75) is 0 Å². The first-order valence-corrected chi connectivity index (χ1v) is 4.61. The van der Waals surface area contributed by atoms with Gasteiger partial charge in [0.05, 0.1) is 17.6 Å². The Bertz CT molecular complexity index is 434. The summed E-state index contributed by atoms with van der Waals surface area (Å²) < 4.78 is 12.7. The maximum absolute atomic E-state index is 12.7. The molecule has 2 rings (SSSR count). The standard InChI is InChI=1S/C12H10FN2/c1-14-11-6-7-12(15-8-11)9-2-4-10(13)5-3-9/h2-8H,1H3. The predicted molar refractivity (Wildman–Crippen MR) is 57.3 cm³/mol. The van der Waals surface area contributed by atoms with E-state index in [9.17, 15) is 4.39 Å². The summed E-state index contributed by atoms with van der Waals surface area (Å²) in [5, 5.41) is 4.00. The average molecular weight is 201 g/mol. The maximum atomic E-state index is 12.7. The van der Waals surface area contributed by atoms with E-state index in [0.29, 0.717) is 0 Å². The summed E-state index contributed by atoms with van der Waals surface area (Å²) in [6.45, 7) is 0. The van der Waals surface area contributed by atoms with Crippen LogP contribution in [0.25, 0.3) is 11.3 Å². The summed E-state index contributed by atoms with van der Waals surface area (Å²) >= 11 is 0. The fraction of sp³-hybridized carbons (Fsp3) is 0.0833. The molecule has 1 radical (unpaired) electrons. The molecular formula is C12H10FN2. The second-order valence-electron chi connectivity index (χ2n) is 3.13. The first kappa shape index (κ1) is 9.65. The van der Waals surface area contributed by atoms with Crippen LogP contribution in [-0.4, -0.2) is 12.0 Å². The molecule has 0 fully saturated rings. The Labute approximate surface area is 87.8 Å². The molecule has 1 aromatic heterocycles. The van der Waals surface area contributed by atoms with Gasteiger partial charge in [-0.15, -0.1) is 0 Å². The summed E-state index contributed by atoms with van der Waals surface area (Å²) in [6, 6.07) is 10.0. The first-order valence-electron chi connectivity index (χ1n) is 4.61. The summed E-state index contributed by atoms with van der Waals surface area (Å²) in [5.74, 6) is -0.237. The third kappa shape index (κ3) is 2.13. The van der Waals surface area contributed by atoms with Crippen molar-refractivity contribution in [2.24, 2.45) is 0 Å². The third-order valence-corrected chi connectivity index (χ3v) is 2.15. The van der Waals surface area contributed by atoms with Gasteiger partial charge in [-0.25, -0.2) is 4.39 Å². The zero-order valence-electron chi connectivity index (χ0n) is 8.31. The highest BCUT2D eigenvalue weighted by molar-refractivity contribution is 5.60. The maximum Gasteiger partial charge on any atom is 0.123 e. The molecule has 1 aromatic carbocycles. The number of benzene rings is 1. The Balaban J connectivity index is 2.33. The smallest absolute Gasteiger partial charge is 0.123 e. The molecule has 2 nitrogen and oxygen atoms in total. The molecule has 75 valence electrons. The van der Waals surface area contributed by atoms with E-state index in [4.69, 9.17) is 0 Å².